The Kier molecular flexibility index (Phi) is 2.86. The molecule has 0 aliphatic carbocycles. The predicted molar refractivity (Wildman–Crippen MR) is 67.3 cm³/mol. The molecule has 1 aliphatic heterocycles. The quantitative estimate of drug-likeness (QED) is 0.809. The van der Waals surface area contributed by atoms with Crippen LogP contribution in [0.25, 0.3) is 0 Å². The van der Waals surface area contributed by atoms with Crippen LogP contribution in [0, 0.1) is 0 Å². The zero-order valence-electron chi connectivity index (χ0n) is 10.4. The SMILES string of the molecule is CC(C)(N)C(=O)N1c2ccccc2CC1C(=O)O. The van der Waals surface area contributed by atoms with E-state index in [2.05, 4.69) is 0 Å². The Bertz CT molecular complexity index is 505. The number of carbonyl (C=O) groups excluding carboxylic acids is 1. The number of carbonyl (C=O) groups is 2. The van der Waals surface area contributed by atoms with Crippen molar-refractivity contribution in [1.82, 2.24) is 0 Å². The Morgan fingerprint density at radius 2 is 2.00 bits per heavy atom. The first-order chi connectivity index (χ1) is 8.32. The number of benzene rings is 1. The smallest absolute Gasteiger partial charge is 0.327 e. The number of carboxylic acids is 1. The predicted octanol–water partition coefficient (Wildman–Crippen LogP) is 0.766. The average molecular weight is 248 g/mol. The molecule has 2 rings (SSSR count). The van der Waals surface area contributed by atoms with Crippen LogP contribution < -0.4 is 10.6 Å². The molecule has 96 valence electrons. The highest BCUT2D eigenvalue weighted by Crippen LogP contribution is 2.33. The van der Waals surface area contributed by atoms with Crippen LogP contribution in [0.5, 0.6) is 0 Å². The summed E-state index contributed by atoms with van der Waals surface area (Å²) >= 11 is 0. The maximum absolute atomic E-state index is 12.3. The van der Waals surface area contributed by atoms with Crippen LogP contribution in [0.15, 0.2) is 24.3 Å². The second kappa shape index (κ2) is 4.10. The summed E-state index contributed by atoms with van der Waals surface area (Å²) in [6, 6.07) is 6.34. The minimum atomic E-state index is -1.09. The monoisotopic (exact) mass is 248 g/mol. The van der Waals surface area contributed by atoms with Gasteiger partial charge in [-0.3, -0.25) is 9.69 Å². The number of aliphatic carboxylic acids is 1. The van der Waals surface area contributed by atoms with Crippen molar-refractivity contribution in [2.45, 2.75) is 31.8 Å². The van der Waals surface area contributed by atoms with Gasteiger partial charge in [-0.2, -0.15) is 0 Å². The third-order valence-corrected chi connectivity index (χ3v) is 3.03. The molecule has 0 fully saturated rings. The molecule has 0 bridgehead atoms. The lowest BCUT2D eigenvalue weighted by molar-refractivity contribution is -0.140. The van der Waals surface area contributed by atoms with Crippen LogP contribution in [-0.4, -0.2) is 28.6 Å². The molecule has 3 N–H and O–H groups in total. The van der Waals surface area contributed by atoms with E-state index in [1.807, 2.05) is 12.1 Å². The van der Waals surface area contributed by atoms with E-state index < -0.39 is 17.6 Å². The van der Waals surface area contributed by atoms with Crippen molar-refractivity contribution < 1.29 is 14.7 Å². The Morgan fingerprint density at radius 1 is 1.39 bits per heavy atom. The van der Waals surface area contributed by atoms with Gasteiger partial charge in [0.1, 0.15) is 6.04 Å². The Balaban J connectivity index is 2.47. The van der Waals surface area contributed by atoms with E-state index in [9.17, 15) is 14.7 Å². The Labute approximate surface area is 105 Å². The Hall–Kier alpha value is -1.88. The van der Waals surface area contributed by atoms with E-state index >= 15 is 0 Å². The molecule has 0 spiro atoms. The fourth-order valence-corrected chi connectivity index (χ4v) is 2.15. The van der Waals surface area contributed by atoms with Crippen LogP contribution in [0.1, 0.15) is 19.4 Å². The number of nitrogens with two attached hydrogens (primary N) is 1. The van der Waals surface area contributed by atoms with E-state index in [-0.39, 0.29) is 5.91 Å². The summed E-state index contributed by atoms with van der Waals surface area (Å²) in [6.07, 6.45) is 0.327. The highest BCUT2D eigenvalue weighted by atomic mass is 16.4. The third kappa shape index (κ3) is 1.97. The molecule has 1 aliphatic rings. The number of anilines is 1. The number of nitrogens with zero attached hydrogens (tertiary/aromatic N) is 1. The highest BCUT2D eigenvalue weighted by Gasteiger charge is 2.42. The van der Waals surface area contributed by atoms with Gasteiger partial charge in [0.25, 0.3) is 0 Å². The number of fused-ring (bicyclic) bond motifs is 1. The summed E-state index contributed by atoms with van der Waals surface area (Å²) in [4.78, 5) is 24.9. The molecule has 1 aromatic carbocycles. The molecular weight excluding hydrogens is 232 g/mol. The minimum Gasteiger partial charge on any atom is -0.480 e. The van der Waals surface area contributed by atoms with Crippen molar-refractivity contribution in [2.75, 3.05) is 4.90 Å². The molecule has 1 aromatic rings. The Morgan fingerprint density at radius 3 is 2.56 bits per heavy atom. The molecule has 0 saturated heterocycles. The van der Waals surface area contributed by atoms with Gasteiger partial charge in [0.15, 0.2) is 0 Å². The second-order valence-corrected chi connectivity index (χ2v) is 5.08. The van der Waals surface area contributed by atoms with Gasteiger partial charge in [-0.05, 0) is 25.5 Å². The summed E-state index contributed by atoms with van der Waals surface area (Å²) in [5, 5.41) is 9.24. The molecule has 18 heavy (non-hydrogen) atoms. The van der Waals surface area contributed by atoms with Crippen molar-refractivity contribution in [3.8, 4) is 0 Å². The van der Waals surface area contributed by atoms with Crippen molar-refractivity contribution in [3.05, 3.63) is 29.8 Å². The van der Waals surface area contributed by atoms with Crippen molar-refractivity contribution in [3.63, 3.8) is 0 Å². The number of carboxylic acid groups (broad SMARTS) is 1. The molecule has 5 nitrogen and oxygen atoms in total. The van der Waals surface area contributed by atoms with Gasteiger partial charge in [0, 0.05) is 12.1 Å². The van der Waals surface area contributed by atoms with Gasteiger partial charge in [-0.1, -0.05) is 18.2 Å². The zero-order chi connectivity index (χ0) is 13.5. The van der Waals surface area contributed by atoms with Gasteiger partial charge in [-0.25, -0.2) is 4.79 Å². The lowest BCUT2D eigenvalue weighted by atomic mass is 10.0. The number of hydrogen-bond acceptors (Lipinski definition) is 3. The normalized spacial score (nSPS) is 18.6. The maximum Gasteiger partial charge on any atom is 0.327 e. The van der Waals surface area contributed by atoms with Gasteiger partial charge in [0.2, 0.25) is 5.91 Å². The fraction of sp³-hybridized carbons (Fsp3) is 0.385. The summed E-state index contributed by atoms with van der Waals surface area (Å²) in [7, 11) is 0. The second-order valence-electron chi connectivity index (χ2n) is 5.08. The molecule has 0 radical (unpaired) electrons. The van der Waals surface area contributed by atoms with Crippen molar-refractivity contribution in [2.24, 2.45) is 5.73 Å². The van der Waals surface area contributed by atoms with E-state index in [1.54, 1.807) is 26.0 Å². The molecule has 1 atom stereocenters. The van der Waals surface area contributed by atoms with Crippen LogP contribution in [-0.2, 0) is 16.0 Å². The standard InChI is InChI=1S/C13H16N2O3/c1-13(2,14)12(18)15-9-6-4-3-5-8(9)7-10(15)11(16)17/h3-6,10H,7,14H2,1-2H3,(H,16,17). The van der Waals surface area contributed by atoms with Crippen molar-refractivity contribution in [1.29, 1.82) is 0 Å². The van der Waals surface area contributed by atoms with Crippen LogP contribution in [0.4, 0.5) is 5.69 Å². The van der Waals surface area contributed by atoms with E-state index in [1.165, 1.54) is 4.90 Å². The topological polar surface area (TPSA) is 83.6 Å². The van der Waals surface area contributed by atoms with Gasteiger partial charge < -0.3 is 10.8 Å². The number of para-hydroxylation sites is 1. The molecule has 1 heterocycles. The maximum atomic E-state index is 12.3. The van der Waals surface area contributed by atoms with Gasteiger partial charge >= 0.3 is 5.97 Å². The van der Waals surface area contributed by atoms with Crippen LogP contribution in [0.3, 0.4) is 0 Å². The molecular formula is C13H16N2O3. The van der Waals surface area contributed by atoms with E-state index in [0.717, 1.165) is 5.56 Å². The molecule has 0 aromatic heterocycles. The summed E-state index contributed by atoms with van der Waals surface area (Å²) < 4.78 is 0. The van der Waals surface area contributed by atoms with Crippen LogP contribution >= 0.6 is 0 Å². The average Bonchev–Trinajstić information content (AvgIpc) is 2.65. The molecule has 0 saturated carbocycles. The molecule has 1 unspecified atom stereocenters. The first-order valence-corrected chi connectivity index (χ1v) is 5.75. The summed E-state index contributed by atoms with van der Waals surface area (Å²) in [5.41, 5.74) is 6.21. The van der Waals surface area contributed by atoms with Gasteiger partial charge in [0.05, 0.1) is 5.54 Å². The van der Waals surface area contributed by atoms with Gasteiger partial charge in [-0.15, -0.1) is 0 Å². The van der Waals surface area contributed by atoms with E-state index in [4.69, 9.17) is 5.73 Å². The summed E-state index contributed by atoms with van der Waals surface area (Å²) in [5.74, 6) is -1.39. The third-order valence-electron chi connectivity index (χ3n) is 3.03. The first-order valence-electron chi connectivity index (χ1n) is 5.75. The highest BCUT2D eigenvalue weighted by molar-refractivity contribution is 6.05. The largest absolute Gasteiger partial charge is 0.480 e. The lowest BCUT2D eigenvalue weighted by Crippen LogP contribution is -2.55. The fourth-order valence-electron chi connectivity index (χ4n) is 2.15. The lowest BCUT2D eigenvalue weighted by Gasteiger charge is -2.29. The van der Waals surface area contributed by atoms with Crippen molar-refractivity contribution >= 4 is 17.6 Å². The summed E-state index contributed by atoms with van der Waals surface area (Å²) in [6.45, 7) is 3.16. The molecule has 5 heteroatoms. The number of hydrogen-bond donors (Lipinski definition) is 2. The first kappa shape index (κ1) is 12.6. The minimum absolute atomic E-state index is 0.327. The zero-order valence-corrected chi connectivity index (χ0v) is 10.4. The van der Waals surface area contributed by atoms with E-state index in [0.29, 0.717) is 12.1 Å². The number of rotatable bonds is 2. The number of amides is 1. The molecule has 1 amide bonds. The van der Waals surface area contributed by atoms with Crippen LogP contribution in [0.2, 0.25) is 0 Å².